The summed E-state index contributed by atoms with van der Waals surface area (Å²) in [6.45, 7) is 4.42. The minimum Gasteiger partial charge on any atom is -0.453 e. The lowest BCUT2D eigenvalue weighted by molar-refractivity contribution is -0.135. The molecule has 222 valence electrons. The van der Waals surface area contributed by atoms with Gasteiger partial charge in [-0.05, 0) is 72.9 Å². The van der Waals surface area contributed by atoms with Gasteiger partial charge in [-0.2, -0.15) is 0 Å². The average molecular weight is 579 g/mol. The highest BCUT2D eigenvalue weighted by Gasteiger charge is 2.37. The van der Waals surface area contributed by atoms with Crippen LogP contribution >= 0.6 is 0 Å². The fraction of sp³-hybridized carbons (Fsp3) is 0.412. The molecule has 3 heterocycles. The molecular formula is C34H38N6O3. The number of alkyl carbamates (subject to hydrolysis) is 1. The molecule has 9 heteroatoms. The molecule has 0 spiro atoms. The van der Waals surface area contributed by atoms with Crippen LogP contribution in [-0.4, -0.2) is 56.5 Å². The van der Waals surface area contributed by atoms with Gasteiger partial charge in [0.1, 0.15) is 23.4 Å². The third kappa shape index (κ3) is 6.14. The van der Waals surface area contributed by atoms with Crippen LogP contribution < -0.4 is 5.32 Å². The van der Waals surface area contributed by atoms with Crippen LogP contribution in [0.15, 0.2) is 48.7 Å². The summed E-state index contributed by atoms with van der Waals surface area (Å²) in [5.41, 5.74) is 5.96. The first-order valence-corrected chi connectivity index (χ1v) is 15.2. The molecule has 2 amide bonds. The van der Waals surface area contributed by atoms with E-state index in [0.29, 0.717) is 24.0 Å². The van der Waals surface area contributed by atoms with E-state index in [1.54, 1.807) is 11.1 Å². The number of likely N-dealkylation sites (tertiary alicyclic amines) is 1. The molecule has 0 radical (unpaired) electrons. The van der Waals surface area contributed by atoms with Crippen molar-refractivity contribution in [2.45, 2.75) is 70.4 Å². The van der Waals surface area contributed by atoms with Crippen molar-refractivity contribution in [2.75, 3.05) is 13.7 Å². The van der Waals surface area contributed by atoms with E-state index in [1.165, 1.54) is 32.8 Å². The Hall–Kier alpha value is -4.58. The van der Waals surface area contributed by atoms with Crippen LogP contribution in [0.5, 0.6) is 0 Å². The maximum absolute atomic E-state index is 13.4. The lowest BCUT2D eigenvalue weighted by Crippen LogP contribution is -2.51. The van der Waals surface area contributed by atoms with Crippen molar-refractivity contribution in [3.05, 3.63) is 71.6 Å². The Morgan fingerprint density at radius 3 is 2.49 bits per heavy atom. The normalized spacial score (nSPS) is 17.7. The highest BCUT2D eigenvalue weighted by atomic mass is 16.5. The molecule has 2 aliphatic rings. The Labute approximate surface area is 251 Å². The van der Waals surface area contributed by atoms with Gasteiger partial charge in [0, 0.05) is 18.0 Å². The number of aromatic nitrogens is 4. The number of hydrogen-bond acceptors (Lipinski definition) is 5. The van der Waals surface area contributed by atoms with Crippen molar-refractivity contribution in [1.29, 1.82) is 0 Å². The van der Waals surface area contributed by atoms with Crippen molar-refractivity contribution in [1.82, 2.24) is 30.2 Å². The lowest BCUT2D eigenvalue weighted by atomic mass is 10.0. The summed E-state index contributed by atoms with van der Waals surface area (Å²) >= 11 is 0. The van der Waals surface area contributed by atoms with Crippen LogP contribution in [0.3, 0.4) is 0 Å². The van der Waals surface area contributed by atoms with Crippen LogP contribution in [0.4, 0.5) is 4.79 Å². The van der Waals surface area contributed by atoms with Gasteiger partial charge in [0.15, 0.2) is 0 Å². The molecule has 0 bridgehead atoms. The van der Waals surface area contributed by atoms with Gasteiger partial charge in [0.05, 0.1) is 30.4 Å². The van der Waals surface area contributed by atoms with E-state index in [-0.39, 0.29) is 17.9 Å². The molecule has 3 N–H and O–H groups in total. The molecular weight excluding hydrogens is 540 g/mol. The van der Waals surface area contributed by atoms with E-state index in [9.17, 15) is 9.59 Å². The molecule has 4 aromatic rings. The minimum atomic E-state index is -0.666. The number of fused-ring (bicyclic) bond motifs is 1. The molecule has 2 atom stereocenters. The molecule has 2 aromatic carbocycles. The maximum Gasteiger partial charge on any atom is 0.407 e. The molecule has 43 heavy (non-hydrogen) atoms. The van der Waals surface area contributed by atoms with E-state index in [4.69, 9.17) is 9.72 Å². The number of carbonyl (C=O) groups excluding carboxylic acids is 2. The fourth-order valence-corrected chi connectivity index (χ4v) is 6.25. The number of amides is 2. The SMILES string of the molecule is COC(=O)N[C@H](C(=O)N1CCC[C@H]1c1ncc(C#Cc2ccc(-c3ccc4nc(C5CCCC5)[nH]c4c3)cc2)[nH]1)C(C)C. The second-order valence-corrected chi connectivity index (χ2v) is 11.9. The molecule has 2 fully saturated rings. The Kier molecular flexibility index (Phi) is 8.19. The fourth-order valence-electron chi connectivity index (χ4n) is 6.25. The van der Waals surface area contributed by atoms with Crippen LogP contribution in [0.25, 0.3) is 22.2 Å². The number of methoxy groups -OCH3 is 1. The van der Waals surface area contributed by atoms with Gasteiger partial charge in [-0.15, -0.1) is 0 Å². The number of aromatic amines is 2. The smallest absolute Gasteiger partial charge is 0.407 e. The Morgan fingerprint density at radius 2 is 1.74 bits per heavy atom. The average Bonchev–Trinajstić information content (AvgIpc) is 3.84. The first kappa shape index (κ1) is 28.5. The summed E-state index contributed by atoms with van der Waals surface area (Å²) in [7, 11) is 1.29. The van der Waals surface area contributed by atoms with Gasteiger partial charge in [-0.3, -0.25) is 4.79 Å². The van der Waals surface area contributed by atoms with Gasteiger partial charge < -0.3 is 24.9 Å². The zero-order valence-electron chi connectivity index (χ0n) is 24.9. The molecule has 1 saturated carbocycles. The minimum absolute atomic E-state index is 0.0833. The van der Waals surface area contributed by atoms with Gasteiger partial charge in [-0.1, -0.05) is 50.8 Å². The Bertz CT molecular complexity index is 1670. The van der Waals surface area contributed by atoms with Crippen molar-refractivity contribution >= 4 is 23.0 Å². The molecule has 9 nitrogen and oxygen atoms in total. The van der Waals surface area contributed by atoms with Crippen molar-refractivity contribution < 1.29 is 14.3 Å². The number of carbonyl (C=O) groups is 2. The summed E-state index contributed by atoms with van der Waals surface area (Å²) in [5, 5.41) is 2.68. The zero-order valence-corrected chi connectivity index (χ0v) is 24.9. The quantitative estimate of drug-likeness (QED) is 0.241. The molecule has 1 saturated heterocycles. The maximum atomic E-state index is 13.4. The highest BCUT2D eigenvalue weighted by molar-refractivity contribution is 5.86. The summed E-state index contributed by atoms with van der Waals surface area (Å²) in [4.78, 5) is 43.3. The van der Waals surface area contributed by atoms with Crippen LogP contribution in [-0.2, 0) is 9.53 Å². The Morgan fingerprint density at radius 1 is 0.977 bits per heavy atom. The number of imidazole rings is 2. The molecule has 1 aliphatic heterocycles. The lowest BCUT2D eigenvalue weighted by Gasteiger charge is -2.29. The van der Waals surface area contributed by atoms with E-state index < -0.39 is 12.1 Å². The molecule has 0 unspecified atom stereocenters. The van der Waals surface area contributed by atoms with Gasteiger partial charge in [-0.25, -0.2) is 14.8 Å². The number of benzene rings is 2. The summed E-state index contributed by atoms with van der Waals surface area (Å²) in [6, 6.07) is 13.8. The number of nitrogens with one attached hydrogen (secondary N) is 3. The number of nitrogens with zero attached hydrogens (tertiary/aromatic N) is 3. The molecule has 6 rings (SSSR count). The van der Waals surface area contributed by atoms with E-state index in [2.05, 4.69) is 62.4 Å². The topological polar surface area (TPSA) is 116 Å². The van der Waals surface area contributed by atoms with Crippen molar-refractivity contribution in [3.63, 3.8) is 0 Å². The summed E-state index contributed by atoms with van der Waals surface area (Å²) in [6.07, 6.45) is 7.79. The van der Waals surface area contributed by atoms with Gasteiger partial charge in [0.2, 0.25) is 5.91 Å². The predicted molar refractivity (Wildman–Crippen MR) is 165 cm³/mol. The monoisotopic (exact) mass is 578 g/mol. The zero-order chi connectivity index (χ0) is 29.9. The highest BCUT2D eigenvalue weighted by Crippen LogP contribution is 2.34. The third-order valence-corrected chi connectivity index (χ3v) is 8.64. The molecule has 2 aromatic heterocycles. The second kappa shape index (κ2) is 12.3. The largest absolute Gasteiger partial charge is 0.453 e. The van der Waals surface area contributed by atoms with Crippen LogP contribution in [0.1, 0.15) is 87.2 Å². The molecule has 1 aliphatic carbocycles. The van der Waals surface area contributed by atoms with Crippen molar-refractivity contribution in [3.8, 4) is 23.0 Å². The second-order valence-electron chi connectivity index (χ2n) is 11.9. The van der Waals surface area contributed by atoms with Gasteiger partial charge in [0.25, 0.3) is 0 Å². The van der Waals surface area contributed by atoms with E-state index in [0.717, 1.165) is 46.4 Å². The first-order chi connectivity index (χ1) is 20.9. The standard InChI is InChI=1S/C34H38N6O3/c1-21(2)30(39-34(42)43-3)33(41)40-18-6-9-29(40)32-35-20-26(36-32)16-12-22-10-13-23(14-11-22)25-15-17-27-28(19-25)38-31(37-27)24-7-4-5-8-24/h10-11,13-15,17,19-21,24,29-30H,4-9,18H2,1-3H3,(H,35,36)(H,37,38)(H,39,42)/t29-,30-/m0/s1. The van der Waals surface area contributed by atoms with E-state index in [1.807, 2.05) is 26.0 Å². The van der Waals surface area contributed by atoms with Crippen molar-refractivity contribution in [2.24, 2.45) is 5.92 Å². The number of H-pyrrole nitrogens is 2. The first-order valence-electron chi connectivity index (χ1n) is 15.2. The van der Waals surface area contributed by atoms with Crippen LogP contribution in [0, 0.1) is 17.8 Å². The van der Waals surface area contributed by atoms with Gasteiger partial charge >= 0.3 is 6.09 Å². The Balaban J connectivity index is 1.13. The summed E-state index contributed by atoms with van der Waals surface area (Å²) in [5.74, 6) is 8.58. The van der Waals surface area contributed by atoms with E-state index >= 15 is 0 Å². The number of rotatable bonds is 6. The number of hydrogen-bond donors (Lipinski definition) is 3. The van der Waals surface area contributed by atoms with Crippen LogP contribution in [0.2, 0.25) is 0 Å². The number of ether oxygens (including phenoxy) is 1. The predicted octanol–water partition coefficient (Wildman–Crippen LogP) is 6.05. The summed E-state index contributed by atoms with van der Waals surface area (Å²) < 4.78 is 4.72. The third-order valence-electron chi connectivity index (χ3n) is 8.64.